The van der Waals surface area contributed by atoms with Crippen LogP contribution in [0.2, 0.25) is 0 Å². The molecule has 0 bridgehead atoms. The molecule has 160 valence electrons. The number of benzene rings is 2. The number of para-hydroxylation sites is 1. The summed E-state index contributed by atoms with van der Waals surface area (Å²) in [7, 11) is 0. The first-order chi connectivity index (χ1) is 13.9. The van der Waals surface area contributed by atoms with Crippen LogP contribution in [0.15, 0.2) is 48.5 Å². The molecule has 4 rings (SSSR count). The average molecular weight is 431 g/mol. The molecule has 4 nitrogen and oxygen atoms in total. The van der Waals surface area contributed by atoms with E-state index in [1.807, 2.05) is 43.0 Å². The Labute approximate surface area is 183 Å². The van der Waals surface area contributed by atoms with Gasteiger partial charge in [-0.2, -0.15) is 0 Å². The number of piperidine rings is 1. The lowest BCUT2D eigenvalue weighted by atomic mass is 9.86. The monoisotopic (exact) mass is 430 g/mol. The zero-order valence-corrected chi connectivity index (χ0v) is 18.3. The second-order valence-electron chi connectivity index (χ2n) is 8.59. The van der Waals surface area contributed by atoms with E-state index >= 15 is 0 Å². The second kappa shape index (κ2) is 8.86. The highest BCUT2D eigenvalue weighted by Crippen LogP contribution is 2.41. The van der Waals surface area contributed by atoms with Gasteiger partial charge in [0, 0.05) is 30.3 Å². The van der Waals surface area contributed by atoms with Crippen LogP contribution in [0.1, 0.15) is 42.6 Å². The third-order valence-corrected chi connectivity index (χ3v) is 6.37. The number of halogens is 2. The lowest BCUT2D eigenvalue weighted by Crippen LogP contribution is -2.43. The van der Waals surface area contributed by atoms with Crippen molar-refractivity contribution in [3.05, 3.63) is 65.5 Å². The molecule has 0 atom stereocenters. The predicted octanol–water partition coefficient (Wildman–Crippen LogP) is 4.47. The molecule has 0 unspecified atom stereocenters. The molecule has 0 aromatic heterocycles. The van der Waals surface area contributed by atoms with Gasteiger partial charge in [0.15, 0.2) is 5.78 Å². The summed E-state index contributed by atoms with van der Waals surface area (Å²) in [5.41, 5.74) is 2.22. The zero-order valence-electron chi connectivity index (χ0n) is 17.4. The molecule has 1 saturated heterocycles. The van der Waals surface area contributed by atoms with Crippen molar-refractivity contribution >= 4 is 29.8 Å². The van der Waals surface area contributed by atoms with Crippen LogP contribution in [0.4, 0.5) is 10.1 Å². The molecule has 2 aromatic rings. The maximum atomic E-state index is 13.1. The van der Waals surface area contributed by atoms with E-state index in [1.54, 1.807) is 12.1 Å². The summed E-state index contributed by atoms with van der Waals surface area (Å²) < 4.78 is 13.1. The van der Waals surface area contributed by atoms with Gasteiger partial charge in [-0.25, -0.2) is 4.39 Å². The number of nitrogens with zero attached hydrogens (tertiary/aromatic N) is 2. The molecule has 1 amide bonds. The molecule has 6 heteroatoms. The Bertz CT molecular complexity index is 921. The first-order valence-corrected chi connectivity index (χ1v) is 10.3. The number of rotatable bonds is 5. The van der Waals surface area contributed by atoms with Crippen molar-refractivity contribution in [1.82, 2.24) is 4.90 Å². The van der Waals surface area contributed by atoms with E-state index in [2.05, 4.69) is 4.90 Å². The Kier molecular flexibility index (Phi) is 6.63. The molecular weight excluding hydrogens is 403 g/mol. The number of carbonyl (C=O) groups is 2. The number of Topliss-reactive ketones (excluding diaryl/α,β-unsaturated/α-hetero) is 1. The van der Waals surface area contributed by atoms with Crippen molar-refractivity contribution in [1.29, 1.82) is 0 Å². The summed E-state index contributed by atoms with van der Waals surface area (Å²) >= 11 is 0. The van der Waals surface area contributed by atoms with Crippen LogP contribution >= 0.6 is 12.4 Å². The van der Waals surface area contributed by atoms with Gasteiger partial charge in [-0.05, 0) is 75.7 Å². The molecule has 0 radical (unpaired) electrons. The Morgan fingerprint density at radius 2 is 1.67 bits per heavy atom. The van der Waals surface area contributed by atoms with Crippen LogP contribution in [0, 0.1) is 11.7 Å². The number of hydrogen-bond donors (Lipinski definition) is 0. The highest BCUT2D eigenvalue weighted by molar-refractivity contribution is 6.07. The number of carbonyl (C=O) groups excluding carboxylic acids is 2. The maximum absolute atomic E-state index is 13.1. The lowest BCUT2D eigenvalue weighted by molar-refractivity contribution is -0.122. The van der Waals surface area contributed by atoms with Gasteiger partial charge in [-0.1, -0.05) is 18.2 Å². The van der Waals surface area contributed by atoms with E-state index in [0.29, 0.717) is 12.1 Å². The van der Waals surface area contributed by atoms with E-state index < -0.39 is 5.41 Å². The van der Waals surface area contributed by atoms with Crippen LogP contribution in [0.25, 0.3) is 0 Å². The van der Waals surface area contributed by atoms with E-state index in [4.69, 9.17) is 0 Å². The summed E-state index contributed by atoms with van der Waals surface area (Å²) in [6.07, 6.45) is 1.60. The van der Waals surface area contributed by atoms with E-state index in [-0.39, 0.29) is 35.8 Å². The van der Waals surface area contributed by atoms with Crippen molar-refractivity contribution in [3.8, 4) is 0 Å². The van der Waals surface area contributed by atoms with Gasteiger partial charge < -0.3 is 9.80 Å². The first-order valence-electron chi connectivity index (χ1n) is 10.3. The van der Waals surface area contributed by atoms with E-state index in [9.17, 15) is 14.0 Å². The van der Waals surface area contributed by atoms with Crippen molar-refractivity contribution < 1.29 is 14.0 Å². The third-order valence-electron chi connectivity index (χ3n) is 6.37. The lowest BCUT2D eigenvalue weighted by Gasteiger charge is -2.32. The topological polar surface area (TPSA) is 40.6 Å². The van der Waals surface area contributed by atoms with Gasteiger partial charge in [-0.15, -0.1) is 12.4 Å². The first kappa shape index (κ1) is 22.4. The molecule has 2 heterocycles. The summed E-state index contributed by atoms with van der Waals surface area (Å²) in [4.78, 5) is 29.8. The number of likely N-dealkylation sites (tertiary alicyclic amines) is 1. The largest absolute Gasteiger partial charge is 0.310 e. The minimum atomic E-state index is -0.481. The molecule has 0 N–H and O–H groups in total. The van der Waals surface area contributed by atoms with Crippen LogP contribution < -0.4 is 4.90 Å². The number of anilines is 1. The minimum Gasteiger partial charge on any atom is -0.310 e. The highest BCUT2D eigenvalue weighted by atomic mass is 35.5. The minimum absolute atomic E-state index is 0. The Morgan fingerprint density at radius 3 is 2.33 bits per heavy atom. The quantitative estimate of drug-likeness (QED) is 0.657. The number of hydrogen-bond acceptors (Lipinski definition) is 3. The van der Waals surface area contributed by atoms with Crippen LogP contribution in [0.3, 0.4) is 0 Å². The van der Waals surface area contributed by atoms with E-state index in [1.165, 1.54) is 12.1 Å². The summed E-state index contributed by atoms with van der Waals surface area (Å²) in [5.74, 6) is -0.0718. The van der Waals surface area contributed by atoms with Gasteiger partial charge >= 0.3 is 0 Å². The van der Waals surface area contributed by atoms with Crippen LogP contribution in [0.5, 0.6) is 0 Å². The molecule has 1 fully saturated rings. The standard InChI is InChI=1S/C24H27FN2O2.ClH/c1-24(2)20-5-3-4-6-21(20)27(23(24)29)16-15-26-13-11-18(12-14-26)22(28)17-7-9-19(25)10-8-17;/h3-10,18H,11-16H2,1-2H3;1H. The average Bonchev–Trinajstić information content (AvgIpc) is 2.93. The molecule has 2 aliphatic heterocycles. The fourth-order valence-corrected chi connectivity index (χ4v) is 4.53. The predicted molar refractivity (Wildman–Crippen MR) is 119 cm³/mol. The third kappa shape index (κ3) is 4.14. The van der Waals surface area contributed by atoms with Gasteiger partial charge in [0.2, 0.25) is 5.91 Å². The van der Waals surface area contributed by atoms with Gasteiger partial charge in [-0.3, -0.25) is 9.59 Å². The highest BCUT2D eigenvalue weighted by Gasteiger charge is 2.43. The molecule has 2 aromatic carbocycles. The maximum Gasteiger partial charge on any atom is 0.237 e. The Balaban J connectivity index is 0.00000256. The Morgan fingerprint density at radius 1 is 1.03 bits per heavy atom. The normalized spacial score (nSPS) is 18.8. The fraction of sp³-hybridized carbons (Fsp3) is 0.417. The number of amides is 1. The molecule has 2 aliphatic rings. The summed E-state index contributed by atoms with van der Waals surface area (Å²) in [6.45, 7) is 7.11. The van der Waals surface area contributed by atoms with Crippen molar-refractivity contribution in [3.63, 3.8) is 0 Å². The van der Waals surface area contributed by atoms with Crippen LogP contribution in [-0.4, -0.2) is 42.8 Å². The molecule has 0 spiro atoms. The van der Waals surface area contributed by atoms with Gasteiger partial charge in [0.1, 0.15) is 5.82 Å². The van der Waals surface area contributed by atoms with Crippen LogP contribution in [-0.2, 0) is 10.2 Å². The SMILES string of the molecule is CC1(C)C(=O)N(CCN2CCC(C(=O)c3ccc(F)cc3)CC2)c2ccccc21.Cl. The zero-order chi connectivity index (χ0) is 20.6. The summed E-state index contributed by atoms with van der Waals surface area (Å²) in [6, 6.07) is 13.9. The van der Waals surface area contributed by atoms with E-state index in [0.717, 1.165) is 43.7 Å². The molecule has 0 saturated carbocycles. The fourth-order valence-electron chi connectivity index (χ4n) is 4.53. The van der Waals surface area contributed by atoms with Crippen molar-refractivity contribution in [2.24, 2.45) is 5.92 Å². The summed E-state index contributed by atoms with van der Waals surface area (Å²) in [5, 5.41) is 0. The number of fused-ring (bicyclic) bond motifs is 1. The second-order valence-corrected chi connectivity index (χ2v) is 8.59. The van der Waals surface area contributed by atoms with Gasteiger partial charge in [0.25, 0.3) is 0 Å². The van der Waals surface area contributed by atoms with Gasteiger partial charge in [0.05, 0.1) is 5.41 Å². The molecular formula is C24H28ClFN2O2. The smallest absolute Gasteiger partial charge is 0.237 e. The van der Waals surface area contributed by atoms with Crippen molar-refractivity contribution in [2.45, 2.75) is 32.1 Å². The van der Waals surface area contributed by atoms with Crippen molar-refractivity contribution in [2.75, 3.05) is 31.1 Å². The number of ketones is 1. The molecule has 0 aliphatic carbocycles. The Hall–Kier alpha value is -2.24. The molecule has 30 heavy (non-hydrogen) atoms.